The fraction of sp³-hybridized carbons (Fsp3) is 0.0500. The van der Waals surface area contributed by atoms with Crippen LogP contribution in [0, 0.1) is 0 Å². The first-order chi connectivity index (χ1) is 13.5. The molecule has 2 aromatic carbocycles. The van der Waals surface area contributed by atoms with Crippen LogP contribution in [0.1, 0.15) is 16.1 Å². The fourth-order valence-corrected chi connectivity index (χ4v) is 3.00. The molecule has 28 heavy (non-hydrogen) atoms. The summed E-state index contributed by atoms with van der Waals surface area (Å²) in [6, 6.07) is 15.4. The third-order valence-corrected chi connectivity index (χ3v) is 4.27. The summed E-state index contributed by atoms with van der Waals surface area (Å²) < 4.78 is 6.68. The van der Waals surface area contributed by atoms with Gasteiger partial charge >= 0.3 is 5.97 Å². The number of carboxylic acid groups (broad SMARTS) is 1. The van der Waals surface area contributed by atoms with E-state index in [1.807, 2.05) is 30.3 Å². The highest BCUT2D eigenvalue weighted by molar-refractivity contribution is 6.33. The summed E-state index contributed by atoms with van der Waals surface area (Å²) in [5, 5.41) is 8.97. The van der Waals surface area contributed by atoms with Crippen molar-refractivity contribution >= 4 is 41.0 Å². The lowest BCUT2D eigenvalue weighted by molar-refractivity contribution is -0.139. The van der Waals surface area contributed by atoms with E-state index in [0.29, 0.717) is 17.0 Å². The number of carbonyl (C=O) groups excluding carboxylic acids is 1. The molecule has 3 rings (SSSR count). The molecule has 6 nitrogen and oxygen atoms in total. The van der Waals surface area contributed by atoms with E-state index in [2.05, 4.69) is 4.98 Å². The molecule has 0 amide bonds. The Morgan fingerprint density at radius 2 is 1.75 bits per heavy atom. The normalized spacial score (nSPS) is 10.9. The van der Waals surface area contributed by atoms with Gasteiger partial charge in [-0.05, 0) is 60.2 Å². The van der Waals surface area contributed by atoms with Crippen molar-refractivity contribution < 1.29 is 19.4 Å². The standard InChI is InChI=1S/C20H14Cl2N2O4/c21-19-16(24(20(22)23-19)14-4-2-1-3-5-14)10-11-17(25)13-6-8-15(9-7-13)28-12-18(26)27/h1-11H,12H2,(H,26,27)/b11-10+. The van der Waals surface area contributed by atoms with Crippen molar-refractivity contribution in [2.75, 3.05) is 6.61 Å². The highest BCUT2D eigenvalue weighted by Gasteiger charge is 2.14. The lowest BCUT2D eigenvalue weighted by Gasteiger charge is -2.06. The molecule has 0 aliphatic heterocycles. The molecule has 0 saturated heterocycles. The first-order valence-electron chi connectivity index (χ1n) is 8.12. The lowest BCUT2D eigenvalue weighted by atomic mass is 10.1. The summed E-state index contributed by atoms with van der Waals surface area (Å²) in [4.78, 5) is 27.0. The van der Waals surface area contributed by atoms with Gasteiger partial charge in [-0.3, -0.25) is 9.36 Å². The van der Waals surface area contributed by atoms with Gasteiger partial charge in [-0.25, -0.2) is 9.78 Å². The van der Waals surface area contributed by atoms with Crippen molar-refractivity contribution in [2.45, 2.75) is 0 Å². The second-order valence-electron chi connectivity index (χ2n) is 5.63. The molecule has 0 aliphatic carbocycles. The Kier molecular flexibility index (Phi) is 6.13. The Bertz CT molecular complexity index is 1030. The van der Waals surface area contributed by atoms with Crippen LogP contribution in [0.3, 0.4) is 0 Å². The number of hydrogen-bond donors (Lipinski definition) is 1. The molecule has 1 aromatic heterocycles. The molecule has 142 valence electrons. The Morgan fingerprint density at radius 1 is 1.07 bits per heavy atom. The largest absolute Gasteiger partial charge is 0.482 e. The second kappa shape index (κ2) is 8.73. The minimum Gasteiger partial charge on any atom is -0.482 e. The number of halogens is 2. The number of hydrogen-bond acceptors (Lipinski definition) is 4. The van der Waals surface area contributed by atoms with E-state index >= 15 is 0 Å². The van der Waals surface area contributed by atoms with Crippen LogP contribution in [0.5, 0.6) is 5.75 Å². The van der Waals surface area contributed by atoms with Gasteiger partial charge in [0.25, 0.3) is 0 Å². The summed E-state index contributed by atoms with van der Waals surface area (Å²) >= 11 is 12.3. The van der Waals surface area contributed by atoms with Crippen molar-refractivity contribution in [3.8, 4) is 11.4 Å². The number of carboxylic acids is 1. The molecule has 0 bridgehead atoms. The smallest absolute Gasteiger partial charge is 0.341 e. The zero-order chi connectivity index (χ0) is 20.1. The summed E-state index contributed by atoms with van der Waals surface area (Å²) in [7, 11) is 0. The predicted octanol–water partition coefficient (Wildman–Crippen LogP) is 4.54. The first-order valence-corrected chi connectivity index (χ1v) is 8.87. The molecule has 0 spiro atoms. The van der Waals surface area contributed by atoms with Crippen LogP contribution in [0.25, 0.3) is 11.8 Å². The number of aromatic nitrogens is 2. The second-order valence-corrected chi connectivity index (χ2v) is 6.33. The minimum absolute atomic E-state index is 0.176. The van der Waals surface area contributed by atoms with Crippen LogP contribution in [0.15, 0.2) is 60.7 Å². The van der Waals surface area contributed by atoms with E-state index in [4.69, 9.17) is 33.0 Å². The van der Waals surface area contributed by atoms with E-state index in [1.54, 1.807) is 22.8 Å². The Labute approximate surface area is 170 Å². The van der Waals surface area contributed by atoms with Crippen molar-refractivity contribution in [1.82, 2.24) is 9.55 Å². The van der Waals surface area contributed by atoms with Crippen LogP contribution in [-0.2, 0) is 4.79 Å². The molecule has 3 aromatic rings. The predicted molar refractivity (Wildman–Crippen MR) is 107 cm³/mol. The molecule has 0 aliphatic rings. The topological polar surface area (TPSA) is 81.4 Å². The quantitative estimate of drug-likeness (QED) is 0.451. The molecule has 0 radical (unpaired) electrons. The van der Waals surface area contributed by atoms with Crippen molar-refractivity contribution in [1.29, 1.82) is 0 Å². The average Bonchev–Trinajstić information content (AvgIpc) is 2.98. The highest BCUT2D eigenvalue weighted by atomic mass is 35.5. The molecular formula is C20H14Cl2N2O4. The van der Waals surface area contributed by atoms with Crippen LogP contribution >= 0.6 is 23.2 Å². The number of para-hydroxylation sites is 1. The van der Waals surface area contributed by atoms with Crippen LogP contribution in [0.4, 0.5) is 0 Å². The average molecular weight is 417 g/mol. The Balaban J connectivity index is 1.81. The number of nitrogens with zero attached hydrogens (tertiary/aromatic N) is 2. The van der Waals surface area contributed by atoms with Gasteiger partial charge in [-0.2, -0.15) is 0 Å². The van der Waals surface area contributed by atoms with Crippen LogP contribution in [0.2, 0.25) is 10.4 Å². The number of allylic oxidation sites excluding steroid dienone is 1. The van der Waals surface area contributed by atoms with Gasteiger partial charge in [-0.1, -0.05) is 29.8 Å². The van der Waals surface area contributed by atoms with Crippen molar-refractivity contribution in [3.05, 3.63) is 82.4 Å². The van der Waals surface area contributed by atoms with E-state index in [9.17, 15) is 9.59 Å². The Hall–Kier alpha value is -3.09. The maximum Gasteiger partial charge on any atom is 0.341 e. The lowest BCUT2D eigenvalue weighted by Crippen LogP contribution is -2.09. The fourth-order valence-electron chi connectivity index (χ4n) is 2.46. The third-order valence-electron chi connectivity index (χ3n) is 3.74. The molecular weight excluding hydrogens is 403 g/mol. The summed E-state index contributed by atoms with van der Waals surface area (Å²) in [5.74, 6) is -0.980. The maximum absolute atomic E-state index is 12.4. The van der Waals surface area contributed by atoms with Gasteiger partial charge in [0.1, 0.15) is 5.75 Å². The number of benzene rings is 2. The van der Waals surface area contributed by atoms with Gasteiger partial charge in [-0.15, -0.1) is 0 Å². The van der Waals surface area contributed by atoms with Crippen LogP contribution < -0.4 is 4.74 Å². The molecule has 0 saturated carbocycles. The number of aliphatic carboxylic acids is 1. The number of imidazole rings is 1. The van der Waals surface area contributed by atoms with Gasteiger partial charge in [0.15, 0.2) is 17.5 Å². The SMILES string of the molecule is O=C(O)COc1ccc(C(=O)/C=C/c2c(Cl)nc(Cl)n2-c2ccccc2)cc1. The third kappa shape index (κ3) is 4.60. The van der Waals surface area contributed by atoms with E-state index in [-0.39, 0.29) is 16.2 Å². The molecule has 0 fully saturated rings. The van der Waals surface area contributed by atoms with Gasteiger partial charge in [0, 0.05) is 11.3 Å². The monoisotopic (exact) mass is 416 g/mol. The van der Waals surface area contributed by atoms with E-state index in [1.165, 1.54) is 18.2 Å². The molecule has 8 heteroatoms. The van der Waals surface area contributed by atoms with E-state index < -0.39 is 12.6 Å². The zero-order valence-corrected chi connectivity index (χ0v) is 15.9. The van der Waals surface area contributed by atoms with Crippen LogP contribution in [-0.4, -0.2) is 33.0 Å². The van der Waals surface area contributed by atoms with Gasteiger partial charge in [0.2, 0.25) is 5.28 Å². The molecule has 1 N–H and O–H groups in total. The summed E-state index contributed by atoms with van der Waals surface area (Å²) in [6.07, 6.45) is 2.91. The number of ketones is 1. The molecule has 1 heterocycles. The van der Waals surface area contributed by atoms with Gasteiger partial charge < -0.3 is 9.84 Å². The molecule has 0 atom stereocenters. The zero-order valence-electron chi connectivity index (χ0n) is 14.4. The molecule has 0 unspecified atom stereocenters. The number of ether oxygens (including phenoxy) is 1. The maximum atomic E-state index is 12.4. The summed E-state index contributed by atoms with van der Waals surface area (Å²) in [6.45, 7) is -0.448. The first kappa shape index (κ1) is 19.7. The van der Waals surface area contributed by atoms with Crippen molar-refractivity contribution in [2.24, 2.45) is 0 Å². The Morgan fingerprint density at radius 3 is 2.39 bits per heavy atom. The van der Waals surface area contributed by atoms with E-state index in [0.717, 1.165) is 5.69 Å². The number of carbonyl (C=O) groups is 2. The summed E-state index contributed by atoms with van der Waals surface area (Å²) in [5.41, 5.74) is 1.65. The van der Waals surface area contributed by atoms with Gasteiger partial charge in [0.05, 0.1) is 5.69 Å². The van der Waals surface area contributed by atoms with Crippen molar-refractivity contribution in [3.63, 3.8) is 0 Å². The minimum atomic E-state index is -1.08. The number of rotatable bonds is 7. The highest BCUT2D eigenvalue weighted by Crippen LogP contribution is 2.26.